The van der Waals surface area contributed by atoms with Crippen molar-refractivity contribution in [3.8, 4) is 11.5 Å². The Bertz CT molecular complexity index is 1260. The highest BCUT2D eigenvalue weighted by molar-refractivity contribution is 9.10. The second kappa shape index (κ2) is 16.1. The number of nitrogens with one attached hydrogen (secondary N) is 1. The summed E-state index contributed by atoms with van der Waals surface area (Å²) in [5.41, 5.74) is 3.27. The van der Waals surface area contributed by atoms with Crippen LogP contribution in [-0.2, 0) is 11.3 Å². The Labute approximate surface area is 269 Å². The van der Waals surface area contributed by atoms with Crippen molar-refractivity contribution in [2.45, 2.75) is 89.4 Å². The number of fused-ring (bicyclic) bond motifs is 1. The van der Waals surface area contributed by atoms with Crippen LogP contribution in [0.5, 0.6) is 11.5 Å². The second-order valence-electron chi connectivity index (χ2n) is 11.6. The molecule has 1 aromatic heterocycles. The Kier molecular flexibility index (Phi) is 12.5. The number of hydrogen-bond acceptors (Lipinski definition) is 8. The lowest BCUT2D eigenvalue weighted by Crippen LogP contribution is -2.34. The first-order valence-corrected chi connectivity index (χ1v) is 17.1. The standard InChI is InChI=1S/C32H48BrN5O4S/c1-7-27(25(5)42-32(39)34-13-10-16-37-14-8-9-15-37)36(6)17-11-22(2)12-18-38-24(4)23(3)35-31(38)43-30-20-29-28(19-26(30)33)40-21-41-29/h7,19-20,22,25H,8-18,21H2,1-6H3,(H,34,39). The molecule has 2 aliphatic heterocycles. The summed E-state index contributed by atoms with van der Waals surface area (Å²) < 4.78 is 20.1. The number of nitrogens with zero attached hydrogens (tertiary/aromatic N) is 4. The smallest absolute Gasteiger partial charge is 0.407 e. The summed E-state index contributed by atoms with van der Waals surface area (Å²) >= 11 is 5.33. The van der Waals surface area contributed by atoms with Crippen molar-refractivity contribution in [1.29, 1.82) is 0 Å². The number of rotatable bonds is 15. The zero-order chi connectivity index (χ0) is 30.9. The molecule has 1 fully saturated rings. The molecule has 0 radical (unpaired) electrons. The molecule has 9 nitrogen and oxygen atoms in total. The summed E-state index contributed by atoms with van der Waals surface area (Å²) in [5, 5.41) is 3.90. The van der Waals surface area contributed by atoms with Crippen LogP contribution in [0.4, 0.5) is 4.79 Å². The van der Waals surface area contributed by atoms with Crippen LogP contribution in [0.2, 0.25) is 0 Å². The van der Waals surface area contributed by atoms with E-state index in [0.717, 1.165) is 76.3 Å². The van der Waals surface area contributed by atoms with E-state index in [1.165, 1.54) is 31.6 Å². The quantitative estimate of drug-likeness (QED) is 0.202. The van der Waals surface area contributed by atoms with E-state index < -0.39 is 0 Å². The van der Waals surface area contributed by atoms with Gasteiger partial charge in [-0.25, -0.2) is 9.78 Å². The van der Waals surface area contributed by atoms with Gasteiger partial charge in [0.25, 0.3) is 0 Å². The van der Waals surface area contributed by atoms with Crippen LogP contribution in [0.1, 0.15) is 64.3 Å². The number of imidazole rings is 1. The Balaban J connectivity index is 1.22. The second-order valence-corrected chi connectivity index (χ2v) is 13.5. The summed E-state index contributed by atoms with van der Waals surface area (Å²) in [6, 6.07) is 3.98. The number of aromatic nitrogens is 2. The van der Waals surface area contributed by atoms with Crippen LogP contribution >= 0.6 is 27.7 Å². The minimum absolute atomic E-state index is 0.256. The number of carbonyl (C=O) groups excluding carboxylic acids is 1. The number of ether oxygens (including phenoxy) is 3. The van der Waals surface area contributed by atoms with Gasteiger partial charge in [0.15, 0.2) is 16.7 Å². The molecule has 2 aliphatic rings. The number of likely N-dealkylation sites (tertiary alicyclic amines) is 1. The first-order valence-electron chi connectivity index (χ1n) is 15.5. The molecule has 0 aliphatic carbocycles. The molecule has 1 aromatic carbocycles. The number of carbonyl (C=O) groups is 1. The molecule has 1 N–H and O–H groups in total. The summed E-state index contributed by atoms with van der Waals surface area (Å²) in [6.07, 6.45) is 6.99. The number of benzene rings is 1. The number of alkyl carbamates (subject to hydrolysis) is 1. The first-order chi connectivity index (χ1) is 20.7. The SMILES string of the molecule is CC=C(C(C)OC(=O)NCCCN1CCCC1)N(C)CCC(C)CCn1c(Sc2cc3c(cc2Br)OCO3)nc(C)c1C. The van der Waals surface area contributed by atoms with Crippen LogP contribution in [0.15, 0.2) is 38.4 Å². The van der Waals surface area contributed by atoms with Gasteiger partial charge in [-0.2, -0.15) is 0 Å². The van der Waals surface area contributed by atoms with E-state index in [-0.39, 0.29) is 19.0 Å². The maximum atomic E-state index is 12.4. The van der Waals surface area contributed by atoms with Crippen molar-refractivity contribution in [3.63, 3.8) is 0 Å². The third-order valence-corrected chi connectivity index (χ3v) is 10.4. The van der Waals surface area contributed by atoms with Gasteiger partial charge < -0.3 is 33.9 Å². The van der Waals surface area contributed by atoms with E-state index in [2.05, 4.69) is 63.4 Å². The average molecular weight is 679 g/mol. The molecule has 0 spiro atoms. The van der Waals surface area contributed by atoms with Gasteiger partial charge in [-0.05, 0) is 113 Å². The van der Waals surface area contributed by atoms with E-state index in [0.29, 0.717) is 12.5 Å². The molecule has 3 heterocycles. The molecule has 2 aromatic rings. The fourth-order valence-electron chi connectivity index (χ4n) is 5.60. The van der Waals surface area contributed by atoms with Gasteiger partial charge in [0.2, 0.25) is 6.79 Å². The summed E-state index contributed by atoms with van der Waals surface area (Å²) in [6.45, 7) is 16.6. The third kappa shape index (κ3) is 9.31. The van der Waals surface area contributed by atoms with Crippen LogP contribution in [0.25, 0.3) is 0 Å². The van der Waals surface area contributed by atoms with E-state index >= 15 is 0 Å². The lowest BCUT2D eigenvalue weighted by atomic mass is 10.0. The number of allylic oxidation sites excluding steroid dienone is 1. The van der Waals surface area contributed by atoms with Gasteiger partial charge in [-0.3, -0.25) is 0 Å². The van der Waals surface area contributed by atoms with Crippen molar-refractivity contribution in [2.24, 2.45) is 5.92 Å². The van der Waals surface area contributed by atoms with E-state index in [9.17, 15) is 4.79 Å². The first kappa shape index (κ1) is 33.5. The van der Waals surface area contributed by atoms with Gasteiger partial charge >= 0.3 is 6.09 Å². The maximum Gasteiger partial charge on any atom is 0.407 e. The topological polar surface area (TPSA) is 81.1 Å². The molecular weight excluding hydrogens is 630 g/mol. The van der Waals surface area contributed by atoms with Gasteiger partial charge in [-0.1, -0.05) is 24.8 Å². The average Bonchev–Trinajstić information content (AvgIpc) is 3.71. The van der Waals surface area contributed by atoms with Crippen LogP contribution in [0, 0.1) is 19.8 Å². The Morgan fingerprint density at radius 1 is 1.19 bits per heavy atom. The third-order valence-electron chi connectivity index (χ3n) is 8.41. The molecular formula is C32H48BrN5O4S. The van der Waals surface area contributed by atoms with Crippen molar-refractivity contribution in [1.82, 2.24) is 24.7 Å². The highest BCUT2D eigenvalue weighted by Gasteiger charge is 2.21. The molecule has 238 valence electrons. The predicted octanol–water partition coefficient (Wildman–Crippen LogP) is 6.99. The molecule has 1 amide bonds. The van der Waals surface area contributed by atoms with Gasteiger partial charge in [0, 0.05) is 47.4 Å². The zero-order valence-electron chi connectivity index (χ0n) is 26.6. The van der Waals surface area contributed by atoms with Gasteiger partial charge in [0.05, 0.1) is 5.69 Å². The minimum atomic E-state index is -0.345. The number of amides is 1. The summed E-state index contributed by atoms with van der Waals surface area (Å²) in [4.78, 5) is 23.0. The monoisotopic (exact) mass is 677 g/mol. The van der Waals surface area contributed by atoms with E-state index in [1.807, 2.05) is 32.1 Å². The van der Waals surface area contributed by atoms with Crippen molar-refractivity contribution < 1.29 is 19.0 Å². The van der Waals surface area contributed by atoms with E-state index in [4.69, 9.17) is 19.2 Å². The molecule has 43 heavy (non-hydrogen) atoms. The lowest BCUT2D eigenvalue weighted by molar-refractivity contribution is 0.108. The van der Waals surface area contributed by atoms with Crippen molar-refractivity contribution in [2.75, 3.05) is 46.6 Å². The molecule has 11 heteroatoms. The van der Waals surface area contributed by atoms with Crippen LogP contribution in [0.3, 0.4) is 0 Å². The van der Waals surface area contributed by atoms with Crippen LogP contribution < -0.4 is 14.8 Å². The fourth-order valence-corrected chi connectivity index (χ4v) is 7.21. The minimum Gasteiger partial charge on any atom is -0.454 e. The van der Waals surface area contributed by atoms with E-state index in [1.54, 1.807) is 11.8 Å². The van der Waals surface area contributed by atoms with Crippen LogP contribution in [-0.4, -0.2) is 78.1 Å². The number of halogens is 1. The Morgan fingerprint density at radius 3 is 2.63 bits per heavy atom. The fraction of sp³-hybridized carbons (Fsp3) is 0.625. The highest BCUT2D eigenvalue weighted by atomic mass is 79.9. The highest BCUT2D eigenvalue weighted by Crippen LogP contribution is 2.43. The number of likely N-dealkylation sites (N-methyl/N-ethyl adjacent to an activating group) is 1. The number of hydrogen-bond donors (Lipinski definition) is 1. The summed E-state index contributed by atoms with van der Waals surface area (Å²) in [7, 11) is 2.08. The molecule has 4 rings (SSSR count). The lowest BCUT2D eigenvalue weighted by Gasteiger charge is -2.28. The Hall–Kier alpha value is -2.37. The molecule has 1 saturated heterocycles. The largest absolute Gasteiger partial charge is 0.454 e. The number of aryl methyl sites for hydroxylation is 1. The zero-order valence-corrected chi connectivity index (χ0v) is 29.0. The molecule has 2 unspecified atom stereocenters. The molecule has 0 bridgehead atoms. The van der Waals surface area contributed by atoms with Gasteiger partial charge in [-0.15, -0.1) is 0 Å². The maximum absolute atomic E-state index is 12.4. The predicted molar refractivity (Wildman–Crippen MR) is 175 cm³/mol. The normalized spacial score (nSPS) is 16.4. The molecule has 2 atom stereocenters. The molecule has 0 saturated carbocycles. The van der Waals surface area contributed by atoms with Gasteiger partial charge in [0.1, 0.15) is 6.10 Å². The van der Waals surface area contributed by atoms with Crippen molar-refractivity contribution >= 4 is 33.8 Å². The Morgan fingerprint density at radius 2 is 1.91 bits per heavy atom. The van der Waals surface area contributed by atoms with Crippen molar-refractivity contribution in [3.05, 3.63) is 39.8 Å². The summed E-state index contributed by atoms with van der Waals surface area (Å²) in [5.74, 6) is 2.04.